The second kappa shape index (κ2) is 5.45. The largest absolute Gasteiger partial charge is 0.364 e. The first-order chi connectivity index (χ1) is 9.31. The molecule has 1 aromatic heterocycles. The van der Waals surface area contributed by atoms with E-state index in [0.717, 1.165) is 11.4 Å². The lowest BCUT2D eigenvalue weighted by molar-refractivity contribution is 0.893. The van der Waals surface area contributed by atoms with Gasteiger partial charge in [-0.15, -0.1) is 0 Å². The normalized spacial score (nSPS) is 13.1. The van der Waals surface area contributed by atoms with Gasteiger partial charge in [0.05, 0.1) is 6.54 Å². The second-order valence-corrected chi connectivity index (χ2v) is 5.25. The first kappa shape index (κ1) is 12.2. The standard InChI is InChI=1S/C15H17N3S/c19-15(17-10-14-5-2-8-16-14)18-13-7-6-11-3-1-4-12(11)9-13/h2,5-9,16H,1,3-4,10H2,(H2,17,18,19). The van der Waals surface area contributed by atoms with Crippen molar-refractivity contribution in [3.05, 3.63) is 53.3 Å². The van der Waals surface area contributed by atoms with Crippen LogP contribution in [0, 0.1) is 0 Å². The zero-order valence-corrected chi connectivity index (χ0v) is 11.5. The highest BCUT2D eigenvalue weighted by molar-refractivity contribution is 7.80. The molecule has 0 fully saturated rings. The van der Waals surface area contributed by atoms with Gasteiger partial charge in [0.2, 0.25) is 0 Å². The molecule has 19 heavy (non-hydrogen) atoms. The first-order valence-corrected chi connectivity index (χ1v) is 7.01. The van der Waals surface area contributed by atoms with E-state index < -0.39 is 0 Å². The van der Waals surface area contributed by atoms with Gasteiger partial charge >= 0.3 is 0 Å². The Morgan fingerprint density at radius 1 is 1.21 bits per heavy atom. The summed E-state index contributed by atoms with van der Waals surface area (Å²) < 4.78 is 0. The molecule has 0 aliphatic heterocycles. The number of nitrogens with one attached hydrogen (secondary N) is 3. The van der Waals surface area contributed by atoms with Crippen molar-refractivity contribution in [2.24, 2.45) is 0 Å². The summed E-state index contributed by atoms with van der Waals surface area (Å²) >= 11 is 5.30. The van der Waals surface area contributed by atoms with Crippen LogP contribution in [0.1, 0.15) is 23.2 Å². The number of hydrogen-bond acceptors (Lipinski definition) is 1. The SMILES string of the molecule is S=C(NCc1ccc[nH]1)Nc1ccc2c(c1)CCC2. The van der Waals surface area contributed by atoms with Crippen molar-refractivity contribution in [1.29, 1.82) is 0 Å². The Bertz CT molecular complexity index is 575. The third kappa shape index (κ3) is 2.96. The third-order valence-corrected chi connectivity index (χ3v) is 3.70. The zero-order chi connectivity index (χ0) is 13.1. The van der Waals surface area contributed by atoms with Gasteiger partial charge in [0.25, 0.3) is 0 Å². The molecule has 3 nitrogen and oxygen atoms in total. The number of H-pyrrole nitrogens is 1. The molecule has 0 saturated heterocycles. The summed E-state index contributed by atoms with van der Waals surface area (Å²) in [6, 6.07) is 10.5. The molecule has 1 aromatic carbocycles. The van der Waals surface area contributed by atoms with Crippen LogP contribution >= 0.6 is 12.2 Å². The average Bonchev–Trinajstić information content (AvgIpc) is 3.07. The predicted octanol–water partition coefficient (Wildman–Crippen LogP) is 2.99. The molecule has 1 aliphatic rings. The lowest BCUT2D eigenvalue weighted by Crippen LogP contribution is -2.28. The van der Waals surface area contributed by atoms with Crippen LogP contribution in [0.5, 0.6) is 0 Å². The summed E-state index contributed by atoms with van der Waals surface area (Å²) in [7, 11) is 0. The van der Waals surface area contributed by atoms with Crippen LogP contribution < -0.4 is 10.6 Å². The summed E-state index contributed by atoms with van der Waals surface area (Å²) in [5, 5.41) is 7.09. The number of thiocarbonyl (C=S) groups is 1. The van der Waals surface area contributed by atoms with Crippen LogP contribution in [0.2, 0.25) is 0 Å². The minimum absolute atomic E-state index is 0.660. The summed E-state index contributed by atoms with van der Waals surface area (Å²) in [5.41, 5.74) is 5.13. The van der Waals surface area contributed by atoms with Gasteiger partial charge in [-0.1, -0.05) is 6.07 Å². The van der Waals surface area contributed by atoms with Crippen LogP contribution in [0.25, 0.3) is 0 Å². The Hall–Kier alpha value is -1.81. The monoisotopic (exact) mass is 271 g/mol. The van der Waals surface area contributed by atoms with E-state index in [0.29, 0.717) is 11.7 Å². The summed E-state index contributed by atoms with van der Waals surface area (Å²) in [5.74, 6) is 0. The van der Waals surface area contributed by atoms with E-state index in [-0.39, 0.29) is 0 Å². The van der Waals surface area contributed by atoms with E-state index in [9.17, 15) is 0 Å². The van der Waals surface area contributed by atoms with Crippen LogP contribution in [0.15, 0.2) is 36.5 Å². The quantitative estimate of drug-likeness (QED) is 0.752. The molecular formula is C15H17N3S. The maximum absolute atomic E-state index is 5.30. The molecular weight excluding hydrogens is 254 g/mol. The number of hydrogen-bond donors (Lipinski definition) is 3. The Morgan fingerprint density at radius 2 is 2.11 bits per heavy atom. The molecule has 0 radical (unpaired) electrons. The lowest BCUT2D eigenvalue weighted by atomic mass is 10.1. The molecule has 3 rings (SSSR count). The topological polar surface area (TPSA) is 39.9 Å². The van der Waals surface area contributed by atoms with Gasteiger partial charge in [-0.2, -0.15) is 0 Å². The molecule has 0 amide bonds. The van der Waals surface area contributed by atoms with Gasteiger partial charge in [-0.05, 0) is 66.9 Å². The number of benzene rings is 1. The van der Waals surface area contributed by atoms with Gasteiger partial charge in [0.1, 0.15) is 0 Å². The molecule has 0 unspecified atom stereocenters. The van der Waals surface area contributed by atoms with Crippen molar-refractivity contribution in [3.8, 4) is 0 Å². The third-order valence-electron chi connectivity index (χ3n) is 3.46. The lowest BCUT2D eigenvalue weighted by Gasteiger charge is -2.11. The molecule has 1 heterocycles. The van der Waals surface area contributed by atoms with E-state index in [1.807, 2.05) is 18.3 Å². The smallest absolute Gasteiger partial charge is 0.171 e. The second-order valence-electron chi connectivity index (χ2n) is 4.84. The predicted molar refractivity (Wildman–Crippen MR) is 82.3 cm³/mol. The molecule has 3 N–H and O–H groups in total. The number of aromatic nitrogens is 1. The van der Waals surface area contributed by atoms with Gasteiger partial charge in [-0.3, -0.25) is 0 Å². The van der Waals surface area contributed by atoms with E-state index >= 15 is 0 Å². The average molecular weight is 271 g/mol. The fraction of sp³-hybridized carbons (Fsp3) is 0.267. The van der Waals surface area contributed by atoms with Gasteiger partial charge in [0, 0.05) is 17.6 Å². The Labute approximate surface area is 118 Å². The van der Waals surface area contributed by atoms with Crippen molar-refractivity contribution >= 4 is 23.0 Å². The van der Waals surface area contributed by atoms with E-state index in [4.69, 9.17) is 12.2 Å². The van der Waals surface area contributed by atoms with Crippen molar-refractivity contribution in [2.45, 2.75) is 25.8 Å². The van der Waals surface area contributed by atoms with E-state index in [1.54, 1.807) is 0 Å². The molecule has 2 aromatic rings. The Balaban J connectivity index is 1.57. The van der Waals surface area contributed by atoms with Gasteiger partial charge in [0.15, 0.2) is 5.11 Å². The van der Waals surface area contributed by atoms with Crippen LogP contribution in [-0.4, -0.2) is 10.1 Å². The van der Waals surface area contributed by atoms with Gasteiger partial charge in [-0.25, -0.2) is 0 Å². The van der Waals surface area contributed by atoms with Crippen LogP contribution in [0.3, 0.4) is 0 Å². The molecule has 4 heteroatoms. The van der Waals surface area contributed by atoms with Crippen LogP contribution in [-0.2, 0) is 19.4 Å². The van der Waals surface area contributed by atoms with Crippen molar-refractivity contribution in [3.63, 3.8) is 0 Å². The van der Waals surface area contributed by atoms with Crippen molar-refractivity contribution in [1.82, 2.24) is 10.3 Å². The summed E-state index contributed by atoms with van der Waals surface area (Å²) in [4.78, 5) is 3.14. The summed E-state index contributed by atoms with van der Waals surface area (Å²) in [6.07, 6.45) is 5.58. The minimum Gasteiger partial charge on any atom is -0.364 e. The zero-order valence-electron chi connectivity index (χ0n) is 10.7. The molecule has 0 bridgehead atoms. The highest BCUT2D eigenvalue weighted by Gasteiger charge is 2.10. The minimum atomic E-state index is 0.660. The van der Waals surface area contributed by atoms with Crippen LogP contribution in [0.4, 0.5) is 5.69 Å². The molecule has 0 spiro atoms. The maximum atomic E-state index is 5.30. The highest BCUT2D eigenvalue weighted by Crippen LogP contribution is 2.24. The van der Waals surface area contributed by atoms with E-state index in [1.165, 1.54) is 30.4 Å². The first-order valence-electron chi connectivity index (χ1n) is 6.60. The molecule has 98 valence electrons. The number of aryl methyl sites for hydroxylation is 2. The van der Waals surface area contributed by atoms with Crippen molar-refractivity contribution in [2.75, 3.05) is 5.32 Å². The number of rotatable bonds is 3. The molecule has 0 saturated carbocycles. The maximum Gasteiger partial charge on any atom is 0.171 e. The number of fused-ring (bicyclic) bond motifs is 1. The summed E-state index contributed by atoms with van der Waals surface area (Å²) in [6.45, 7) is 0.712. The Kier molecular flexibility index (Phi) is 3.51. The molecule has 1 aliphatic carbocycles. The fourth-order valence-corrected chi connectivity index (χ4v) is 2.67. The highest BCUT2D eigenvalue weighted by atomic mass is 32.1. The number of anilines is 1. The van der Waals surface area contributed by atoms with Crippen molar-refractivity contribution < 1.29 is 0 Å². The number of aromatic amines is 1. The molecule has 0 atom stereocenters. The van der Waals surface area contributed by atoms with Gasteiger partial charge < -0.3 is 15.6 Å². The Morgan fingerprint density at radius 3 is 2.95 bits per heavy atom. The fourth-order valence-electron chi connectivity index (χ4n) is 2.48. The van der Waals surface area contributed by atoms with E-state index in [2.05, 4.69) is 33.8 Å².